The average Bonchev–Trinajstić information content (AvgIpc) is 3.06. The normalized spacial score (nSPS) is 11.4. The number of aromatic nitrogens is 2. The number of benzene rings is 3. The van der Waals surface area contributed by atoms with Gasteiger partial charge in [0.2, 0.25) is 0 Å². The van der Waals surface area contributed by atoms with Crippen LogP contribution in [0.15, 0.2) is 54.6 Å². The molecule has 0 aliphatic carbocycles. The van der Waals surface area contributed by atoms with Crippen molar-refractivity contribution in [2.45, 2.75) is 26.3 Å². The number of fused-ring (bicyclic) bond motifs is 1. The molecule has 0 aliphatic heterocycles. The lowest BCUT2D eigenvalue weighted by Gasteiger charge is -2.14. The van der Waals surface area contributed by atoms with Crippen LogP contribution < -0.4 is 0 Å². The lowest BCUT2D eigenvalue weighted by Crippen LogP contribution is -2.03. The molecule has 4 N–H and O–H groups in total. The monoisotopic (exact) mass is 390 g/mol. The summed E-state index contributed by atoms with van der Waals surface area (Å²) in [6.07, 6.45) is 0. The third-order valence-corrected chi connectivity index (χ3v) is 5.08. The molecule has 0 saturated carbocycles. The second-order valence-corrected chi connectivity index (χ2v) is 7.42. The molecule has 6 nitrogen and oxygen atoms in total. The van der Waals surface area contributed by atoms with Gasteiger partial charge in [-0.1, -0.05) is 38.1 Å². The Morgan fingerprint density at radius 3 is 2.24 bits per heavy atom. The van der Waals surface area contributed by atoms with Crippen LogP contribution in [-0.4, -0.2) is 30.0 Å². The van der Waals surface area contributed by atoms with Crippen molar-refractivity contribution in [1.82, 2.24) is 9.55 Å². The standard InChI is InChI=1S/C23H22N2O4/c1-13(2)14-7-8-19(26)16(9-14)12-25-18-6-4-3-5-17(18)24-23(25)15-10-20(27)22(29)21(28)11-15/h3-11,13,26-29H,12H2,1-2H3. The number of para-hydroxylation sites is 2. The summed E-state index contributed by atoms with van der Waals surface area (Å²) in [5.74, 6) is -0.412. The topological polar surface area (TPSA) is 98.7 Å². The molecular weight excluding hydrogens is 368 g/mol. The van der Waals surface area contributed by atoms with E-state index in [-0.39, 0.29) is 5.75 Å². The first-order valence-electron chi connectivity index (χ1n) is 9.37. The first-order chi connectivity index (χ1) is 13.8. The van der Waals surface area contributed by atoms with Crippen LogP contribution in [0.4, 0.5) is 0 Å². The van der Waals surface area contributed by atoms with E-state index in [4.69, 9.17) is 0 Å². The molecule has 0 unspecified atom stereocenters. The second-order valence-electron chi connectivity index (χ2n) is 7.42. The van der Waals surface area contributed by atoms with Gasteiger partial charge in [0.1, 0.15) is 11.6 Å². The number of nitrogens with zero attached hydrogens (tertiary/aromatic N) is 2. The van der Waals surface area contributed by atoms with E-state index in [2.05, 4.69) is 18.8 Å². The highest BCUT2D eigenvalue weighted by atomic mass is 16.3. The Morgan fingerprint density at radius 1 is 0.862 bits per heavy atom. The Morgan fingerprint density at radius 2 is 1.55 bits per heavy atom. The fraction of sp³-hybridized carbons (Fsp3) is 0.174. The summed E-state index contributed by atoms with van der Waals surface area (Å²) in [5.41, 5.74) is 3.91. The molecule has 6 heteroatoms. The van der Waals surface area contributed by atoms with Crippen molar-refractivity contribution in [1.29, 1.82) is 0 Å². The molecule has 3 aromatic carbocycles. The Kier molecular flexibility index (Phi) is 4.54. The number of imidazole rings is 1. The van der Waals surface area contributed by atoms with Gasteiger partial charge in [-0.25, -0.2) is 4.98 Å². The van der Waals surface area contributed by atoms with Crippen LogP contribution in [0.3, 0.4) is 0 Å². The van der Waals surface area contributed by atoms with Crippen molar-refractivity contribution < 1.29 is 20.4 Å². The van der Waals surface area contributed by atoms with Gasteiger partial charge in [0.15, 0.2) is 17.2 Å². The summed E-state index contributed by atoms with van der Waals surface area (Å²) in [7, 11) is 0. The molecule has 1 aromatic heterocycles. The Labute approximate surface area is 168 Å². The molecule has 148 valence electrons. The number of phenolic OH excluding ortho intramolecular Hbond substituents is 4. The zero-order valence-corrected chi connectivity index (χ0v) is 16.2. The highest BCUT2D eigenvalue weighted by Gasteiger charge is 2.18. The molecule has 0 atom stereocenters. The van der Waals surface area contributed by atoms with E-state index in [1.54, 1.807) is 6.07 Å². The van der Waals surface area contributed by atoms with Crippen LogP contribution in [0.5, 0.6) is 23.0 Å². The van der Waals surface area contributed by atoms with Crippen LogP contribution in [-0.2, 0) is 6.54 Å². The largest absolute Gasteiger partial charge is 0.508 e. The van der Waals surface area contributed by atoms with Gasteiger partial charge in [0, 0.05) is 11.1 Å². The SMILES string of the molecule is CC(C)c1ccc(O)c(Cn2c(-c3cc(O)c(O)c(O)c3)nc3ccccc32)c1. The van der Waals surface area contributed by atoms with Gasteiger partial charge in [-0.15, -0.1) is 0 Å². The number of hydrogen-bond donors (Lipinski definition) is 4. The van der Waals surface area contributed by atoms with Crippen molar-refractivity contribution >= 4 is 11.0 Å². The zero-order valence-electron chi connectivity index (χ0n) is 16.2. The number of aromatic hydroxyl groups is 4. The summed E-state index contributed by atoms with van der Waals surface area (Å²) < 4.78 is 1.92. The van der Waals surface area contributed by atoms with E-state index in [0.717, 1.165) is 22.2 Å². The van der Waals surface area contributed by atoms with Crippen LogP contribution in [0, 0.1) is 0 Å². The summed E-state index contributed by atoms with van der Waals surface area (Å²) in [6, 6.07) is 15.9. The molecule has 0 radical (unpaired) electrons. The number of phenols is 4. The van der Waals surface area contributed by atoms with E-state index in [1.807, 2.05) is 41.0 Å². The maximum absolute atomic E-state index is 10.4. The molecule has 29 heavy (non-hydrogen) atoms. The predicted molar refractivity (Wildman–Crippen MR) is 111 cm³/mol. The minimum absolute atomic E-state index is 0.189. The minimum Gasteiger partial charge on any atom is -0.508 e. The molecule has 0 aliphatic rings. The first kappa shape index (κ1) is 18.7. The molecule has 0 bridgehead atoms. The molecule has 0 fully saturated rings. The minimum atomic E-state index is -0.571. The average molecular weight is 390 g/mol. The van der Waals surface area contributed by atoms with Gasteiger partial charge >= 0.3 is 0 Å². The van der Waals surface area contributed by atoms with Gasteiger partial charge in [0.05, 0.1) is 17.6 Å². The van der Waals surface area contributed by atoms with E-state index >= 15 is 0 Å². The molecule has 0 spiro atoms. The maximum atomic E-state index is 10.4. The maximum Gasteiger partial charge on any atom is 0.200 e. The smallest absolute Gasteiger partial charge is 0.200 e. The molecular formula is C23H22N2O4. The summed E-state index contributed by atoms with van der Waals surface area (Å²) in [6.45, 7) is 4.54. The molecule has 4 aromatic rings. The Hall–Kier alpha value is -3.67. The van der Waals surface area contributed by atoms with Crippen LogP contribution >= 0.6 is 0 Å². The van der Waals surface area contributed by atoms with Crippen molar-refractivity contribution in [3.63, 3.8) is 0 Å². The zero-order chi connectivity index (χ0) is 20.7. The van der Waals surface area contributed by atoms with Crippen LogP contribution in [0.2, 0.25) is 0 Å². The van der Waals surface area contributed by atoms with Crippen molar-refractivity contribution in [3.05, 3.63) is 65.7 Å². The number of hydrogen-bond acceptors (Lipinski definition) is 5. The van der Waals surface area contributed by atoms with Gasteiger partial charge in [0.25, 0.3) is 0 Å². The highest BCUT2D eigenvalue weighted by Crippen LogP contribution is 2.39. The fourth-order valence-electron chi connectivity index (χ4n) is 3.45. The van der Waals surface area contributed by atoms with E-state index in [1.165, 1.54) is 12.1 Å². The van der Waals surface area contributed by atoms with Crippen LogP contribution in [0.25, 0.3) is 22.4 Å². The van der Waals surface area contributed by atoms with E-state index < -0.39 is 17.2 Å². The fourth-order valence-corrected chi connectivity index (χ4v) is 3.45. The Bertz CT molecular complexity index is 1190. The van der Waals surface area contributed by atoms with Crippen molar-refractivity contribution in [2.75, 3.05) is 0 Å². The molecule has 0 amide bonds. The number of rotatable bonds is 4. The summed E-state index contributed by atoms with van der Waals surface area (Å²) in [4.78, 5) is 4.66. The lowest BCUT2D eigenvalue weighted by molar-refractivity contribution is 0.368. The Balaban J connectivity index is 1.91. The van der Waals surface area contributed by atoms with Gasteiger partial charge in [-0.2, -0.15) is 0 Å². The van der Waals surface area contributed by atoms with Crippen molar-refractivity contribution in [2.24, 2.45) is 0 Å². The molecule has 1 heterocycles. The van der Waals surface area contributed by atoms with E-state index in [0.29, 0.717) is 23.9 Å². The third kappa shape index (κ3) is 3.33. The quantitative estimate of drug-likeness (QED) is 0.379. The molecule has 4 rings (SSSR count). The van der Waals surface area contributed by atoms with Gasteiger partial charge < -0.3 is 25.0 Å². The second kappa shape index (κ2) is 7.05. The van der Waals surface area contributed by atoms with Crippen LogP contribution in [0.1, 0.15) is 30.9 Å². The van der Waals surface area contributed by atoms with Gasteiger partial charge in [-0.05, 0) is 41.8 Å². The lowest BCUT2D eigenvalue weighted by atomic mass is 10.00. The highest BCUT2D eigenvalue weighted by molar-refractivity contribution is 5.81. The molecule has 0 saturated heterocycles. The van der Waals surface area contributed by atoms with Crippen molar-refractivity contribution in [3.8, 4) is 34.4 Å². The summed E-state index contributed by atoms with van der Waals surface area (Å²) in [5, 5.41) is 40.0. The summed E-state index contributed by atoms with van der Waals surface area (Å²) >= 11 is 0. The van der Waals surface area contributed by atoms with Gasteiger partial charge in [-0.3, -0.25) is 0 Å². The third-order valence-electron chi connectivity index (χ3n) is 5.08. The predicted octanol–water partition coefficient (Wildman–Crippen LogP) is 4.70. The first-order valence-corrected chi connectivity index (χ1v) is 9.37. The van der Waals surface area contributed by atoms with E-state index in [9.17, 15) is 20.4 Å².